The number of para-hydroxylation sites is 1. The van der Waals surface area contributed by atoms with E-state index in [0.29, 0.717) is 6.92 Å². The summed E-state index contributed by atoms with van der Waals surface area (Å²) in [7, 11) is 0. The Kier molecular flexibility index (Phi) is 4.45. The number of ether oxygens (including phenoxy) is 1. The molecule has 1 N–H and O–H groups in total. The van der Waals surface area contributed by atoms with Crippen molar-refractivity contribution in [1.29, 1.82) is 0 Å². The van der Waals surface area contributed by atoms with Crippen molar-refractivity contribution in [3.63, 3.8) is 0 Å². The lowest BCUT2D eigenvalue weighted by molar-refractivity contribution is -0.400. The SMILES string of the molecule is CC(=O)Oc1c(C(F)(F)C(F)(F)C(F)(F)C(F)(F)F)[nH]c2ccccc12. The van der Waals surface area contributed by atoms with Gasteiger partial charge in [-0.15, -0.1) is 0 Å². The van der Waals surface area contributed by atoms with Crippen LogP contribution in [0.15, 0.2) is 24.3 Å². The maximum absolute atomic E-state index is 14.2. The fraction of sp³-hybridized carbons (Fsp3) is 0.357. The molecule has 0 spiro atoms. The Balaban J connectivity index is 2.74. The smallest absolute Gasteiger partial charge is 0.424 e. The Labute approximate surface area is 138 Å². The van der Waals surface area contributed by atoms with Crippen molar-refractivity contribution in [2.24, 2.45) is 0 Å². The number of alkyl halides is 9. The second-order valence-electron chi connectivity index (χ2n) is 5.19. The molecule has 144 valence electrons. The topological polar surface area (TPSA) is 42.1 Å². The number of hydrogen-bond acceptors (Lipinski definition) is 2. The van der Waals surface area contributed by atoms with Crippen LogP contribution in [0.2, 0.25) is 0 Å². The first-order valence-corrected chi connectivity index (χ1v) is 6.64. The summed E-state index contributed by atoms with van der Waals surface area (Å²) < 4.78 is 123. The number of carbonyl (C=O) groups excluding carboxylic acids is 1. The van der Waals surface area contributed by atoms with Gasteiger partial charge >= 0.3 is 29.9 Å². The number of nitrogens with one attached hydrogen (secondary N) is 1. The molecule has 1 aromatic heterocycles. The predicted molar refractivity (Wildman–Crippen MR) is 69.5 cm³/mol. The summed E-state index contributed by atoms with van der Waals surface area (Å²) >= 11 is 0. The first kappa shape index (κ1) is 19.9. The van der Waals surface area contributed by atoms with Crippen molar-refractivity contribution in [3.8, 4) is 5.75 Å². The van der Waals surface area contributed by atoms with Crippen LogP contribution >= 0.6 is 0 Å². The van der Waals surface area contributed by atoms with Gasteiger partial charge in [0.1, 0.15) is 5.69 Å². The van der Waals surface area contributed by atoms with Gasteiger partial charge in [-0.05, 0) is 12.1 Å². The fourth-order valence-electron chi connectivity index (χ4n) is 2.12. The van der Waals surface area contributed by atoms with Crippen LogP contribution in [0, 0.1) is 0 Å². The number of H-pyrrole nitrogens is 1. The van der Waals surface area contributed by atoms with E-state index in [1.807, 2.05) is 0 Å². The largest absolute Gasteiger partial charge is 0.460 e. The lowest BCUT2D eigenvalue weighted by Gasteiger charge is -2.33. The first-order valence-electron chi connectivity index (χ1n) is 6.64. The van der Waals surface area contributed by atoms with Crippen LogP contribution < -0.4 is 4.74 Å². The van der Waals surface area contributed by atoms with Crippen LogP contribution in [-0.4, -0.2) is 29.0 Å². The van der Waals surface area contributed by atoms with Crippen LogP contribution in [0.5, 0.6) is 5.75 Å². The molecule has 26 heavy (non-hydrogen) atoms. The number of halogens is 9. The third-order valence-electron chi connectivity index (χ3n) is 3.36. The fourth-order valence-corrected chi connectivity index (χ4v) is 2.12. The van der Waals surface area contributed by atoms with Crippen LogP contribution in [0.25, 0.3) is 10.9 Å². The van der Waals surface area contributed by atoms with Crippen molar-refractivity contribution >= 4 is 16.9 Å². The second kappa shape index (κ2) is 5.81. The molecule has 0 atom stereocenters. The van der Waals surface area contributed by atoms with E-state index < -0.39 is 41.4 Å². The molecule has 0 radical (unpaired) electrons. The van der Waals surface area contributed by atoms with Crippen LogP contribution in [-0.2, 0) is 10.7 Å². The molecule has 3 nitrogen and oxygen atoms in total. The zero-order chi connectivity index (χ0) is 20.1. The van der Waals surface area contributed by atoms with Crippen LogP contribution in [0.3, 0.4) is 0 Å². The molecule has 0 saturated heterocycles. The highest BCUT2D eigenvalue weighted by Crippen LogP contribution is 2.58. The summed E-state index contributed by atoms with van der Waals surface area (Å²) in [6, 6.07) is 4.51. The molecule has 2 rings (SSSR count). The highest BCUT2D eigenvalue weighted by Gasteiger charge is 2.82. The van der Waals surface area contributed by atoms with E-state index in [9.17, 15) is 44.3 Å². The van der Waals surface area contributed by atoms with Gasteiger partial charge in [0.2, 0.25) is 0 Å². The summed E-state index contributed by atoms with van der Waals surface area (Å²) in [5, 5.41) is -0.386. The number of esters is 1. The molecule has 0 amide bonds. The molecular formula is C14H8F9NO2. The van der Waals surface area contributed by atoms with Crippen molar-refractivity contribution in [2.75, 3.05) is 0 Å². The van der Waals surface area contributed by atoms with Crippen LogP contribution in [0.1, 0.15) is 12.6 Å². The van der Waals surface area contributed by atoms with Gasteiger partial charge in [0, 0.05) is 17.8 Å². The van der Waals surface area contributed by atoms with E-state index in [2.05, 4.69) is 4.74 Å². The molecule has 0 fully saturated rings. The van der Waals surface area contributed by atoms with Gasteiger partial charge in [-0.3, -0.25) is 4.79 Å². The van der Waals surface area contributed by atoms with Crippen molar-refractivity contribution in [3.05, 3.63) is 30.0 Å². The monoisotopic (exact) mass is 393 g/mol. The van der Waals surface area contributed by atoms with Crippen molar-refractivity contribution in [2.45, 2.75) is 30.9 Å². The standard InChI is InChI=1S/C14H8F9NO2/c1-6(25)26-9-7-4-2-3-5-8(7)24-10(9)11(15,16)12(17,18)13(19,20)14(21,22)23/h2-5,24H,1H3. The Morgan fingerprint density at radius 3 is 1.96 bits per heavy atom. The van der Waals surface area contributed by atoms with Gasteiger partial charge < -0.3 is 9.72 Å². The van der Waals surface area contributed by atoms with E-state index in [4.69, 9.17) is 0 Å². The van der Waals surface area contributed by atoms with Gasteiger partial charge in [-0.2, -0.15) is 39.5 Å². The molecular weight excluding hydrogens is 385 g/mol. The zero-order valence-electron chi connectivity index (χ0n) is 12.5. The van der Waals surface area contributed by atoms with E-state index in [1.54, 1.807) is 4.98 Å². The molecule has 0 aliphatic heterocycles. The summed E-state index contributed by atoms with van der Waals surface area (Å²) in [5.41, 5.74) is -2.42. The molecule has 2 aromatic rings. The molecule has 0 bridgehead atoms. The van der Waals surface area contributed by atoms with Crippen LogP contribution in [0.4, 0.5) is 39.5 Å². The number of fused-ring (bicyclic) bond motifs is 1. The third kappa shape index (κ3) is 2.76. The molecule has 12 heteroatoms. The summed E-state index contributed by atoms with van der Waals surface area (Å²) in [6.45, 7) is 0.701. The van der Waals surface area contributed by atoms with E-state index in [1.165, 1.54) is 12.1 Å². The molecule has 0 saturated carbocycles. The maximum atomic E-state index is 14.2. The number of rotatable bonds is 4. The second-order valence-corrected chi connectivity index (χ2v) is 5.19. The number of benzene rings is 1. The van der Waals surface area contributed by atoms with Gasteiger partial charge in [-0.1, -0.05) is 12.1 Å². The quantitative estimate of drug-likeness (QED) is 0.586. The highest BCUT2D eigenvalue weighted by atomic mass is 19.4. The Morgan fingerprint density at radius 2 is 1.46 bits per heavy atom. The summed E-state index contributed by atoms with van der Waals surface area (Å²) in [4.78, 5) is 12.7. The number of aromatic amines is 1. The Hall–Kier alpha value is -2.40. The third-order valence-corrected chi connectivity index (χ3v) is 3.36. The number of carbonyl (C=O) groups is 1. The van der Waals surface area contributed by atoms with Gasteiger partial charge in [0.05, 0.1) is 0 Å². The van der Waals surface area contributed by atoms with Gasteiger partial charge in [0.25, 0.3) is 0 Å². The summed E-state index contributed by atoms with van der Waals surface area (Å²) in [5.74, 6) is -22.5. The Bertz CT molecular complexity index is 839. The number of hydrogen-bond donors (Lipinski definition) is 1. The van der Waals surface area contributed by atoms with Crippen molar-refractivity contribution < 1.29 is 49.0 Å². The molecule has 0 unspecified atom stereocenters. The van der Waals surface area contributed by atoms with Gasteiger partial charge in [-0.25, -0.2) is 0 Å². The molecule has 1 aromatic carbocycles. The van der Waals surface area contributed by atoms with Gasteiger partial charge in [0.15, 0.2) is 5.75 Å². The predicted octanol–water partition coefficient (Wildman–Crippen LogP) is 5.02. The maximum Gasteiger partial charge on any atom is 0.460 e. The minimum atomic E-state index is -7.06. The first-order chi connectivity index (χ1) is 11.6. The minimum Gasteiger partial charge on any atom is -0.424 e. The number of aromatic nitrogens is 1. The average Bonchev–Trinajstić information content (AvgIpc) is 2.84. The Morgan fingerprint density at radius 1 is 0.923 bits per heavy atom. The normalized spacial score (nSPS) is 13.9. The minimum absolute atomic E-state index is 0.343. The highest BCUT2D eigenvalue weighted by molar-refractivity contribution is 5.90. The molecule has 0 aliphatic rings. The molecule has 1 heterocycles. The zero-order valence-corrected chi connectivity index (χ0v) is 12.5. The molecule has 0 aliphatic carbocycles. The summed E-state index contributed by atoms with van der Waals surface area (Å²) in [6.07, 6.45) is -6.95. The lowest BCUT2D eigenvalue weighted by Crippen LogP contribution is -2.59. The lowest BCUT2D eigenvalue weighted by atomic mass is 10.0. The average molecular weight is 393 g/mol. The van der Waals surface area contributed by atoms with E-state index in [0.717, 1.165) is 12.1 Å². The van der Waals surface area contributed by atoms with E-state index in [-0.39, 0.29) is 10.9 Å². The van der Waals surface area contributed by atoms with Crippen molar-refractivity contribution in [1.82, 2.24) is 4.98 Å². The van der Waals surface area contributed by atoms with E-state index >= 15 is 0 Å².